The van der Waals surface area contributed by atoms with E-state index >= 15 is 0 Å². The van der Waals surface area contributed by atoms with E-state index in [2.05, 4.69) is 0 Å². The SMILES string of the molecule is CC(C)c1c(F)cc(F)cc1OC1CC(F)C1. The van der Waals surface area contributed by atoms with Gasteiger partial charge < -0.3 is 4.74 Å². The molecule has 0 radical (unpaired) electrons. The van der Waals surface area contributed by atoms with Gasteiger partial charge in [-0.05, 0) is 5.92 Å². The number of hydrogen-bond acceptors (Lipinski definition) is 1. The molecule has 0 heterocycles. The quantitative estimate of drug-likeness (QED) is 0.781. The van der Waals surface area contributed by atoms with Crippen LogP contribution in [0, 0.1) is 11.6 Å². The highest BCUT2D eigenvalue weighted by Crippen LogP contribution is 2.34. The minimum absolute atomic E-state index is 0.105. The highest BCUT2D eigenvalue weighted by molar-refractivity contribution is 5.38. The molecule has 1 saturated carbocycles. The number of rotatable bonds is 3. The molecule has 1 aliphatic rings. The molecule has 0 spiro atoms. The van der Waals surface area contributed by atoms with Crippen LogP contribution >= 0.6 is 0 Å². The van der Waals surface area contributed by atoms with E-state index < -0.39 is 17.8 Å². The van der Waals surface area contributed by atoms with Gasteiger partial charge in [0.15, 0.2) is 0 Å². The minimum atomic E-state index is -0.846. The second kappa shape index (κ2) is 4.59. The van der Waals surface area contributed by atoms with Crippen LogP contribution in [0.15, 0.2) is 12.1 Å². The third kappa shape index (κ3) is 2.56. The first-order valence-corrected chi connectivity index (χ1v) is 5.77. The van der Waals surface area contributed by atoms with Crippen molar-refractivity contribution in [2.45, 2.75) is 44.9 Å². The van der Waals surface area contributed by atoms with Crippen molar-refractivity contribution >= 4 is 0 Å². The number of ether oxygens (including phenoxy) is 1. The minimum Gasteiger partial charge on any atom is -0.490 e. The number of halogens is 3. The van der Waals surface area contributed by atoms with Gasteiger partial charge in [0.05, 0.1) is 0 Å². The van der Waals surface area contributed by atoms with Gasteiger partial charge in [0.25, 0.3) is 0 Å². The molecule has 0 atom stereocenters. The zero-order chi connectivity index (χ0) is 12.6. The molecule has 0 N–H and O–H groups in total. The van der Waals surface area contributed by atoms with Gasteiger partial charge in [-0.15, -0.1) is 0 Å². The summed E-state index contributed by atoms with van der Waals surface area (Å²) < 4.78 is 44.9. The predicted octanol–water partition coefficient (Wildman–Crippen LogP) is 3.97. The van der Waals surface area contributed by atoms with Crippen LogP contribution in [0.3, 0.4) is 0 Å². The largest absolute Gasteiger partial charge is 0.490 e. The zero-order valence-corrected chi connectivity index (χ0v) is 9.84. The van der Waals surface area contributed by atoms with E-state index in [-0.39, 0.29) is 17.8 Å². The van der Waals surface area contributed by atoms with E-state index in [9.17, 15) is 13.2 Å². The number of hydrogen-bond donors (Lipinski definition) is 0. The molecular formula is C13H15F3O. The second-order valence-corrected chi connectivity index (χ2v) is 4.76. The Hall–Kier alpha value is -1.19. The molecule has 1 nitrogen and oxygen atoms in total. The van der Waals surface area contributed by atoms with Gasteiger partial charge in [-0.3, -0.25) is 0 Å². The van der Waals surface area contributed by atoms with Crippen LogP contribution in [-0.2, 0) is 0 Å². The smallest absolute Gasteiger partial charge is 0.133 e. The summed E-state index contributed by atoms with van der Waals surface area (Å²) in [5.41, 5.74) is 0.355. The molecule has 0 amide bonds. The van der Waals surface area contributed by atoms with Crippen LogP contribution in [0.5, 0.6) is 5.75 Å². The molecule has 2 rings (SSSR count). The molecule has 1 aliphatic carbocycles. The maximum absolute atomic E-state index is 13.6. The van der Waals surface area contributed by atoms with Crippen LogP contribution in [0.25, 0.3) is 0 Å². The summed E-state index contributed by atoms with van der Waals surface area (Å²) in [6, 6.07) is 2.02. The second-order valence-electron chi connectivity index (χ2n) is 4.76. The maximum Gasteiger partial charge on any atom is 0.133 e. The average Bonchev–Trinajstić information content (AvgIpc) is 2.13. The summed E-state index contributed by atoms with van der Waals surface area (Å²) in [4.78, 5) is 0. The lowest BCUT2D eigenvalue weighted by Gasteiger charge is -2.31. The van der Waals surface area contributed by atoms with Crippen molar-refractivity contribution in [3.63, 3.8) is 0 Å². The molecule has 1 fully saturated rings. The summed E-state index contributed by atoms with van der Waals surface area (Å²) in [5.74, 6) is -1.18. The van der Waals surface area contributed by atoms with E-state index in [0.29, 0.717) is 18.4 Å². The summed E-state index contributed by atoms with van der Waals surface area (Å²) in [6.07, 6.45) is -0.504. The lowest BCUT2D eigenvalue weighted by atomic mass is 9.93. The molecule has 0 bridgehead atoms. The zero-order valence-electron chi connectivity index (χ0n) is 9.84. The monoisotopic (exact) mass is 244 g/mol. The molecule has 1 aromatic rings. The fraction of sp³-hybridized carbons (Fsp3) is 0.538. The molecule has 0 unspecified atom stereocenters. The van der Waals surface area contributed by atoms with Gasteiger partial charge in [-0.2, -0.15) is 0 Å². The summed E-state index contributed by atoms with van der Waals surface area (Å²) in [5, 5.41) is 0. The highest BCUT2D eigenvalue weighted by atomic mass is 19.1. The van der Waals surface area contributed by atoms with Gasteiger partial charge in [0.2, 0.25) is 0 Å². The van der Waals surface area contributed by atoms with Crippen molar-refractivity contribution in [2.24, 2.45) is 0 Å². The summed E-state index contributed by atoms with van der Waals surface area (Å²) >= 11 is 0. The molecular weight excluding hydrogens is 229 g/mol. The Morgan fingerprint density at radius 2 is 1.88 bits per heavy atom. The fourth-order valence-electron chi connectivity index (χ4n) is 2.00. The van der Waals surface area contributed by atoms with Crippen LogP contribution in [-0.4, -0.2) is 12.3 Å². The molecule has 0 aromatic heterocycles. The molecule has 0 saturated heterocycles. The Morgan fingerprint density at radius 1 is 1.24 bits per heavy atom. The third-order valence-electron chi connectivity index (χ3n) is 2.96. The Morgan fingerprint density at radius 3 is 2.41 bits per heavy atom. The van der Waals surface area contributed by atoms with Gasteiger partial charge in [-0.1, -0.05) is 13.8 Å². The van der Waals surface area contributed by atoms with E-state index in [4.69, 9.17) is 4.74 Å². The molecule has 94 valence electrons. The number of alkyl halides is 1. The highest BCUT2D eigenvalue weighted by Gasteiger charge is 2.31. The first-order valence-electron chi connectivity index (χ1n) is 5.77. The van der Waals surface area contributed by atoms with Gasteiger partial charge in [-0.25, -0.2) is 13.2 Å². The average molecular weight is 244 g/mol. The maximum atomic E-state index is 13.6. The summed E-state index contributed by atoms with van der Waals surface area (Å²) in [6.45, 7) is 3.61. The van der Waals surface area contributed by atoms with E-state index in [0.717, 1.165) is 6.07 Å². The summed E-state index contributed by atoms with van der Waals surface area (Å²) in [7, 11) is 0. The van der Waals surface area contributed by atoms with E-state index in [1.165, 1.54) is 6.07 Å². The van der Waals surface area contributed by atoms with Crippen molar-refractivity contribution in [3.8, 4) is 5.75 Å². The van der Waals surface area contributed by atoms with Crippen LogP contribution in [0.2, 0.25) is 0 Å². The van der Waals surface area contributed by atoms with Gasteiger partial charge in [0, 0.05) is 30.5 Å². The Balaban J connectivity index is 2.24. The van der Waals surface area contributed by atoms with Crippen molar-refractivity contribution in [1.29, 1.82) is 0 Å². The first-order chi connectivity index (χ1) is 7.97. The van der Waals surface area contributed by atoms with E-state index in [1.54, 1.807) is 0 Å². The lowest BCUT2D eigenvalue weighted by molar-refractivity contribution is 0.0397. The topological polar surface area (TPSA) is 9.23 Å². The Bertz CT molecular complexity index is 411. The van der Waals surface area contributed by atoms with Crippen LogP contribution in [0.1, 0.15) is 38.2 Å². The van der Waals surface area contributed by atoms with E-state index in [1.807, 2.05) is 13.8 Å². The predicted molar refractivity (Wildman–Crippen MR) is 59.0 cm³/mol. The molecule has 17 heavy (non-hydrogen) atoms. The molecule has 1 aromatic carbocycles. The third-order valence-corrected chi connectivity index (χ3v) is 2.96. The molecule has 0 aliphatic heterocycles. The Kier molecular flexibility index (Phi) is 3.31. The molecule has 4 heteroatoms. The standard InChI is InChI=1S/C13H15F3O/c1-7(2)13-11(16)5-9(15)6-12(13)17-10-3-8(14)4-10/h5-8,10H,3-4H2,1-2H3. The lowest BCUT2D eigenvalue weighted by Crippen LogP contribution is -2.35. The number of benzene rings is 1. The first kappa shape index (κ1) is 12.3. The van der Waals surface area contributed by atoms with Crippen molar-refractivity contribution in [1.82, 2.24) is 0 Å². The van der Waals surface area contributed by atoms with Crippen molar-refractivity contribution in [2.75, 3.05) is 0 Å². The van der Waals surface area contributed by atoms with Gasteiger partial charge >= 0.3 is 0 Å². The van der Waals surface area contributed by atoms with Crippen molar-refractivity contribution < 1.29 is 17.9 Å². The van der Waals surface area contributed by atoms with Crippen LogP contribution < -0.4 is 4.74 Å². The fourth-order valence-corrected chi connectivity index (χ4v) is 2.00. The van der Waals surface area contributed by atoms with Crippen molar-refractivity contribution in [3.05, 3.63) is 29.3 Å². The van der Waals surface area contributed by atoms with Crippen LogP contribution in [0.4, 0.5) is 13.2 Å². The van der Waals surface area contributed by atoms with Gasteiger partial charge in [0.1, 0.15) is 29.7 Å². The normalized spacial score (nSPS) is 23.6. The Labute approximate surface area is 98.6 Å².